The van der Waals surface area contributed by atoms with Crippen LogP contribution in [0.5, 0.6) is 0 Å². The molecule has 4 rings (SSSR count). The van der Waals surface area contributed by atoms with Gasteiger partial charge in [0.15, 0.2) is 11.6 Å². The number of nitrogens with one attached hydrogen (secondary N) is 3. The van der Waals surface area contributed by atoms with E-state index in [0.29, 0.717) is 0 Å². The van der Waals surface area contributed by atoms with Crippen LogP contribution in [0.4, 0.5) is 0 Å². The summed E-state index contributed by atoms with van der Waals surface area (Å²) in [4.78, 5) is 7.67. The number of H-pyrrole nitrogens is 1. The summed E-state index contributed by atoms with van der Waals surface area (Å²) in [6.45, 7) is 3.71. The summed E-state index contributed by atoms with van der Waals surface area (Å²) in [6, 6.07) is 12.3. The van der Waals surface area contributed by atoms with Gasteiger partial charge in [0.05, 0.1) is 0 Å². The first-order valence-electron chi connectivity index (χ1n) is 9.55. The van der Waals surface area contributed by atoms with Gasteiger partial charge in [0.2, 0.25) is 0 Å². The SMILES string of the molecule is CN=C(NCCc1c[nH]c2cccc(C)c12)NCCc1nnc2ccccn12. The predicted octanol–water partition coefficient (Wildman–Crippen LogP) is 2.47. The van der Waals surface area contributed by atoms with Crippen LogP contribution >= 0.6 is 0 Å². The van der Waals surface area contributed by atoms with Crippen molar-refractivity contribution >= 4 is 22.5 Å². The fraction of sp³-hybridized carbons (Fsp3) is 0.286. The minimum absolute atomic E-state index is 0.738. The average Bonchev–Trinajstić information content (AvgIpc) is 3.32. The first-order chi connectivity index (χ1) is 13.8. The van der Waals surface area contributed by atoms with Crippen LogP contribution in [0.15, 0.2) is 53.8 Å². The van der Waals surface area contributed by atoms with Gasteiger partial charge in [-0.15, -0.1) is 10.2 Å². The molecule has 7 nitrogen and oxygen atoms in total. The van der Waals surface area contributed by atoms with Gasteiger partial charge in [0.1, 0.15) is 5.82 Å². The molecule has 0 atom stereocenters. The third-order valence-electron chi connectivity index (χ3n) is 4.93. The van der Waals surface area contributed by atoms with Crippen molar-refractivity contribution in [3.05, 3.63) is 65.7 Å². The van der Waals surface area contributed by atoms with E-state index in [0.717, 1.165) is 43.4 Å². The summed E-state index contributed by atoms with van der Waals surface area (Å²) in [5.41, 5.74) is 4.69. The molecule has 0 fully saturated rings. The van der Waals surface area contributed by atoms with E-state index in [1.165, 1.54) is 22.0 Å². The molecule has 4 aromatic rings. The molecule has 1 aromatic carbocycles. The molecule has 0 spiro atoms. The van der Waals surface area contributed by atoms with Gasteiger partial charge < -0.3 is 15.6 Å². The molecule has 0 saturated heterocycles. The molecular formula is C21H25N7. The zero-order valence-corrected chi connectivity index (χ0v) is 16.2. The van der Waals surface area contributed by atoms with Crippen molar-refractivity contribution < 1.29 is 0 Å². The van der Waals surface area contributed by atoms with E-state index in [-0.39, 0.29) is 0 Å². The molecule has 144 valence electrons. The average molecular weight is 375 g/mol. The van der Waals surface area contributed by atoms with Crippen LogP contribution in [-0.2, 0) is 12.8 Å². The van der Waals surface area contributed by atoms with E-state index < -0.39 is 0 Å². The number of benzene rings is 1. The quantitative estimate of drug-likeness (QED) is 0.357. The number of guanidine groups is 1. The second kappa shape index (κ2) is 8.12. The maximum Gasteiger partial charge on any atom is 0.191 e. The van der Waals surface area contributed by atoms with Crippen molar-refractivity contribution in [2.24, 2.45) is 4.99 Å². The number of nitrogens with zero attached hydrogens (tertiary/aromatic N) is 4. The molecule has 0 aliphatic rings. The standard InChI is InChI=1S/C21H25N7/c1-15-6-5-7-17-20(15)16(14-25-17)9-11-23-21(22-2)24-12-10-19-27-26-18-8-3-4-13-28(18)19/h3-8,13-14,25H,9-12H2,1-2H3,(H2,22,23,24). The molecule has 0 amide bonds. The lowest BCUT2D eigenvalue weighted by Gasteiger charge is -2.11. The molecule has 7 heteroatoms. The molecule has 0 radical (unpaired) electrons. The Morgan fingerprint density at radius 3 is 2.79 bits per heavy atom. The summed E-state index contributed by atoms with van der Waals surface area (Å²) in [5, 5.41) is 16.5. The predicted molar refractivity (Wildman–Crippen MR) is 113 cm³/mol. The van der Waals surface area contributed by atoms with Crippen molar-refractivity contribution in [1.82, 2.24) is 30.2 Å². The van der Waals surface area contributed by atoms with Gasteiger partial charge in [-0.2, -0.15) is 0 Å². The fourth-order valence-electron chi connectivity index (χ4n) is 3.54. The van der Waals surface area contributed by atoms with Crippen LogP contribution in [0.2, 0.25) is 0 Å². The number of rotatable bonds is 6. The minimum atomic E-state index is 0.738. The van der Waals surface area contributed by atoms with Gasteiger partial charge in [0.25, 0.3) is 0 Å². The number of aryl methyl sites for hydroxylation is 1. The van der Waals surface area contributed by atoms with E-state index in [1.807, 2.05) is 28.8 Å². The Balaban J connectivity index is 1.29. The topological polar surface area (TPSA) is 82.4 Å². The van der Waals surface area contributed by atoms with Crippen LogP contribution < -0.4 is 10.6 Å². The number of hydrogen-bond acceptors (Lipinski definition) is 3. The van der Waals surface area contributed by atoms with Crippen molar-refractivity contribution in [3.8, 4) is 0 Å². The van der Waals surface area contributed by atoms with Gasteiger partial charge in [-0.3, -0.25) is 9.39 Å². The molecule has 0 aliphatic heterocycles. The van der Waals surface area contributed by atoms with Crippen molar-refractivity contribution in [3.63, 3.8) is 0 Å². The van der Waals surface area contributed by atoms with Gasteiger partial charge in [-0.25, -0.2) is 0 Å². The second-order valence-electron chi connectivity index (χ2n) is 6.78. The Labute approximate surface area is 163 Å². The maximum atomic E-state index is 4.31. The van der Waals surface area contributed by atoms with Crippen LogP contribution in [0.1, 0.15) is 17.0 Å². The lowest BCUT2D eigenvalue weighted by molar-refractivity contribution is 0.757. The van der Waals surface area contributed by atoms with E-state index in [2.05, 4.69) is 62.1 Å². The Morgan fingerprint density at radius 2 is 1.93 bits per heavy atom. The Hall–Kier alpha value is -3.35. The highest BCUT2D eigenvalue weighted by Gasteiger charge is 2.07. The maximum absolute atomic E-state index is 4.31. The molecule has 3 aromatic heterocycles. The van der Waals surface area contributed by atoms with Crippen molar-refractivity contribution in [1.29, 1.82) is 0 Å². The second-order valence-corrected chi connectivity index (χ2v) is 6.78. The van der Waals surface area contributed by atoms with E-state index in [9.17, 15) is 0 Å². The number of aliphatic imine (C=N–C) groups is 1. The summed E-state index contributed by atoms with van der Waals surface area (Å²) in [6.07, 6.45) is 5.79. The van der Waals surface area contributed by atoms with Crippen LogP contribution in [-0.4, -0.2) is 45.7 Å². The van der Waals surface area contributed by atoms with Gasteiger partial charge in [0, 0.05) is 49.9 Å². The number of hydrogen-bond donors (Lipinski definition) is 3. The summed E-state index contributed by atoms with van der Waals surface area (Å²) >= 11 is 0. The van der Waals surface area contributed by atoms with E-state index >= 15 is 0 Å². The van der Waals surface area contributed by atoms with Gasteiger partial charge in [-0.05, 0) is 42.7 Å². The van der Waals surface area contributed by atoms with Crippen LogP contribution in [0.25, 0.3) is 16.6 Å². The van der Waals surface area contributed by atoms with Crippen molar-refractivity contribution in [2.75, 3.05) is 20.1 Å². The fourth-order valence-corrected chi connectivity index (χ4v) is 3.54. The first-order valence-corrected chi connectivity index (χ1v) is 9.55. The first kappa shape index (κ1) is 18.0. The summed E-state index contributed by atoms with van der Waals surface area (Å²) in [7, 11) is 1.79. The van der Waals surface area contributed by atoms with Crippen LogP contribution in [0.3, 0.4) is 0 Å². The summed E-state index contributed by atoms with van der Waals surface area (Å²) in [5.74, 6) is 1.73. The van der Waals surface area contributed by atoms with Gasteiger partial charge in [-0.1, -0.05) is 18.2 Å². The number of aromatic amines is 1. The molecule has 28 heavy (non-hydrogen) atoms. The molecule has 3 N–H and O–H groups in total. The third kappa shape index (κ3) is 3.69. The third-order valence-corrected chi connectivity index (χ3v) is 4.93. The smallest absolute Gasteiger partial charge is 0.191 e. The van der Waals surface area contributed by atoms with Crippen LogP contribution in [0, 0.1) is 6.92 Å². The highest BCUT2D eigenvalue weighted by Crippen LogP contribution is 2.22. The molecule has 0 saturated carbocycles. The Bertz CT molecular complexity index is 1110. The summed E-state index contributed by atoms with van der Waals surface area (Å²) < 4.78 is 2.01. The highest BCUT2D eigenvalue weighted by molar-refractivity contribution is 5.86. The van der Waals surface area contributed by atoms with E-state index in [1.54, 1.807) is 7.05 Å². The number of aromatic nitrogens is 4. The molecule has 0 bridgehead atoms. The normalized spacial score (nSPS) is 12.0. The van der Waals surface area contributed by atoms with E-state index in [4.69, 9.17) is 0 Å². The number of pyridine rings is 1. The zero-order chi connectivity index (χ0) is 19.3. The molecule has 3 heterocycles. The Morgan fingerprint density at radius 1 is 1.07 bits per heavy atom. The zero-order valence-electron chi connectivity index (χ0n) is 16.2. The number of fused-ring (bicyclic) bond motifs is 2. The molecule has 0 aliphatic carbocycles. The molecular weight excluding hydrogens is 350 g/mol. The largest absolute Gasteiger partial charge is 0.361 e. The minimum Gasteiger partial charge on any atom is -0.361 e. The monoisotopic (exact) mass is 375 g/mol. The molecule has 0 unspecified atom stereocenters. The van der Waals surface area contributed by atoms with Gasteiger partial charge >= 0.3 is 0 Å². The highest BCUT2D eigenvalue weighted by atomic mass is 15.2. The lowest BCUT2D eigenvalue weighted by atomic mass is 10.1. The lowest BCUT2D eigenvalue weighted by Crippen LogP contribution is -2.39. The Kier molecular flexibility index (Phi) is 5.23. The van der Waals surface area contributed by atoms with Crippen molar-refractivity contribution in [2.45, 2.75) is 19.8 Å².